The van der Waals surface area contributed by atoms with Crippen LogP contribution in [0.5, 0.6) is 5.75 Å². The molecule has 0 saturated carbocycles. The van der Waals surface area contributed by atoms with Gasteiger partial charge in [-0.2, -0.15) is 0 Å². The summed E-state index contributed by atoms with van der Waals surface area (Å²) in [6.07, 6.45) is 5.51. The van der Waals surface area contributed by atoms with Crippen LogP contribution in [-0.2, 0) is 5.41 Å². The summed E-state index contributed by atoms with van der Waals surface area (Å²) in [5.74, 6) is 0.846. The molecule has 0 spiro atoms. The van der Waals surface area contributed by atoms with E-state index in [1.165, 1.54) is 5.19 Å². The minimum atomic E-state index is -0.956. The first-order chi connectivity index (χ1) is 22.7. The summed E-state index contributed by atoms with van der Waals surface area (Å²) >= 11 is 0. The van der Waals surface area contributed by atoms with Gasteiger partial charge in [0.25, 0.3) is 0 Å². The molecular formula is C41H38N4OSi. The molecule has 0 bridgehead atoms. The Hall–Kier alpha value is -5.33. The fraction of sp³-hybridized carbons (Fsp3) is 0.146. The first-order valence-electron chi connectivity index (χ1n) is 16.1. The number of hydrogen-bond donors (Lipinski definition) is 1. The quantitative estimate of drug-likeness (QED) is 0.186. The van der Waals surface area contributed by atoms with Crippen molar-refractivity contribution >= 4 is 25.0 Å². The van der Waals surface area contributed by atoms with E-state index in [1.54, 1.807) is 12.4 Å². The highest BCUT2D eigenvalue weighted by Gasteiger charge is 2.25. The van der Waals surface area contributed by atoms with Gasteiger partial charge >= 0.3 is 0 Å². The van der Waals surface area contributed by atoms with Crippen LogP contribution in [0.1, 0.15) is 26.3 Å². The van der Waals surface area contributed by atoms with E-state index in [-0.39, 0.29) is 11.2 Å². The number of pyridine rings is 2. The van der Waals surface area contributed by atoms with Crippen molar-refractivity contribution in [1.29, 1.82) is 0 Å². The first-order valence-corrected chi connectivity index (χ1v) is 19.0. The highest BCUT2D eigenvalue weighted by atomic mass is 28.3. The summed E-state index contributed by atoms with van der Waals surface area (Å²) in [5, 5.41) is 13.0. The predicted octanol–water partition coefficient (Wildman–Crippen LogP) is 9.18. The van der Waals surface area contributed by atoms with Crippen molar-refractivity contribution < 1.29 is 5.11 Å². The molecule has 1 N–H and O–H groups in total. The summed E-state index contributed by atoms with van der Waals surface area (Å²) in [7, 11) is -0.956. The molecule has 0 unspecified atom stereocenters. The summed E-state index contributed by atoms with van der Waals surface area (Å²) < 4.78 is 2.13. The number of nitrogens with zero attached hydrogens (tertiary/aromatic N) is 4. The smallest absolute Gasteiger partial charge is 0.151 e. The van der Waals surface area contributed by atoms with Crippen LogP contribution in [0.4, 0.5) is 0 Å². The van der Waals surface area contributed by atoms with Crippen molar-refractivity contribution in [3.63, 3.8) is 0 Å². The van der Waals surface area contributed by atoms with Gasteiger partial charge in [0.05, 0.1) is 31.1 Å². The van der Waals surface area contributed by atoms with E-state index < -0.39 is 8.80 Å². The first kappa shape index (κ1) is 30.3. The lowest BCUT2D eigenvalue weighted by Crippen LogP contribution is -2.22. The molecule has 0 saturated heterocycles. The average Bonchev–Trinajstić information content (AvgIpc) is 3.48. The Morgan fingerprint density at radius 1 is 0.660 bits per heavy atom. The van der Waals surface area contributed by atoms with Gasteiger partial charge in [-0.25, -0.2) is 4.98 Å². The van der Waals surface area contributed by atoms with Gasteiger partial charge in [-0.3, -0.25) is 14.5 Å². The Labute approximate surface area is 277 Å². The lowest BCUT2D eigenvalue weighted by atomic mass is 9.86. The van der Waals surface area contributed by atoms with Crippen LogP contribution in [0, 0.1) is 0 Å². The van der Waals surface area contributed by atoms with Crippen LogP contribution in [0.3, 0.4) is 0 Å². The average molecular weight is 631 g/mol. The normalized spacial score (nSPS) is 11.8. The van der Waals surface area contributed by atoms with Crippen molar-refractivity contribution in [3.8, 4) is 56.3 Å². The number of rotatable bonds is 6. The number of aromatic nitrogens is 4. The van der Waals surface area contributed by atoms with Crippen LogP contribution >= 0.6 is 0 Å². The van der Waals surface area contributed by atoms with Crippen LogP contribution in [0.25, 0.3) is 61.6 Å². The Kier molecular flexibility index (Phi) is 7.82. The number of imidazole rings is 1. The lowest BCUT2D eigenvalue weighted by molar-refractivity contribution is 0.446. The third-order valence-corrected chi connectivity index (χ3v) is 10.4. The maximum Gasteiger partial charge on any atom is 0.151 e. The predicted molar refractivity (Wildman–Crippen MR) is 197 cm³/mol. The second-order valence-electron chi connectivity index (χ2n) is 13.4. The van der Waals surface area contributed by atoms with E-state index in [0.29, 0.717) is 11.4 Å². The molecule has 5 nitrogen and oxygen atoms in total. The number of fused-ring (bicyclic) bond motifs is 1. The summed E-state index contributed by atoms with van der Waals surface area (Å²) in [4.78, 5) is 14.8. The lowest BCUT2D eigenvalue weighted by Gasteiger charge is -2.21. The second-order valence-corrected chi connectivity index (χ2v) is 16.4. The molecule has 4 aromatic carbocycles. The van der Waals surface area contributed by atoms with E-state index in [2.05, 4.69) is 128 Å². The molecule has 6 heteroatoms. The summed E-state index contributed by atoms with van der Waals surface area (Å²) in [6.45, 7) is 10.9. The Bertz CT molecular complexity index is 2200. The molecule has 0 aliphatic heterocycles. The molecule has 47 heavy (non-hydrogen) atoms. The van der Waals surface area contributed by atoms with E-state index >= 15 is 0 Å². The van der Waals surface area contributed by atoms with Gasteiger partial charge in [0, 0.05) is 41.0 Å². The Morgan fingerprint density at radius 2 is 1.36 bits per heavy atom. The zero-order chi connectivity index (χ0) is 32.7. The molecule has 7 aromatic rings. The monoisotopic (exact) mass is 630 g/mol. The van der Waals surface area contributed by atoms with Crippen molar-refractivity contribution in [1.82, 2.24) is 19.5 Å². The Balaban J connectivity index is 1.49. The maximum absolute atomic E-state index is 11.6. The molecule has 0 aliphatic rings. The van der Waals surface area contributed by atoms with Gasteiger partial charge in [-0.05, 0) is 69.8 Å². The molecule has 0 fully saturated rings. The molecule has 3 aromatic heterocycles. The van der Waals surface area contributed by atoms with Gasteiger partial charge in [0.2, 0.25) is 0 Å². The van der Waals surface area contributed by atoms with Crippen molar-refractivity contribution in [2.24, 2.45) is 0 Å². The topological polar surface area (TPSA) is 63.8 Å². The van der Waals surface area contributed by atoms with E-state index in [0.717, 1.165) is 55.8 Å². The number of aromatic hydroxyl groups is 1. The van der Waals surface area contributed by atoms with Gasteiger partial charge in [-0.1, -0.05) is 101 Å². The standard InChI is InChI=1S/C41H38N4OSi/c1-41(2,3)35-26-42-25-34(39(35)46)40-44-38-33(17-12-18-37(38)45(40)31-15-10-7-11-16-31)29-21-28(27-13-8-6-9-14-27)22-30(23-29)36-20-19-32(24-43-36)47(4)5/h6-26,47H,1-5H3,(H,42,46). The molecule has 0 radical (unpaired) electrons. The highest BCUT2D eigenvalue weighted by Crippen LogP contribution is 2.41. The van der Waals surface area contributed by atoms with E-state index in [9.17, 15) is 5.11 Å². The van der Waals surface area contributed by atoms with Crippen molar-refractivity contribution in [2.75, 3.05) is 0 Å². The molecule has 0 atom stereocenters. The minimum absolute atomic E-state index is 0.203. The largest absolute Gasteiger partial charge is 0.507 e. The fourth-order valence-electron chi connectivity index (χ4n) is 6.16. The fourth-order valence-corrected chi connectivity index (χ4v) is 7.02. The maximum atomic E-state index is 11.6. The van der Waals surface area contributed by atoms with Crippen LogP contribution in [0.2, 0.25) is 13.1 Å². The number of hydrogen-bond acceptors (Lipinski definition) is 4. The molecule has 3 heterocycles. The van der Waals surface area contributed by atoms with Crippen LogP contribution in [-0.4, -0.2) is 33.4 Å². The zero-order valence-corrected chi connectivity index (χ0v) is 28.6. The van der Waals surface area contributed by atoms with Crippen LogP contribution < -0.4 is 5.19 Å². The van der Waals surface area contributed by atoms with Crippen molar-refractivity contribution in [3.05, 3.63) is 133 Å². The van der Waals surface area contributed by atoms with Gasteiger partial charge in [-0.15, -0.1) is 0 Å². The highest BCUT2D eigenvalue weighted by molar-refractivity contribution is 6.70. The van der Waals surface area contributed by atoms with Crippen molar-refractivity contribution in [2.45, 2.75) is 39.3 Å². The third-order valence-electron chi connectivity index (χ3n) is 8.77. The molecule has 7 rings (SSSR count). The zero-order valence-electron chi connectivity index (χ0n) is 27.4. The summed E-state index contributed by atoms with van der Waals surface area (Å²) in [6, 6.07) is 38.0. The Morgan fingerprint density at radius 3 is 2.04 bits per heavy atom. The number of para-hydroxylation sites is 2. The second kappa shape index (κ2) is 12.1. The van der Waals surface area contributed by atoms with Gasteiger partial charge in [0.15, 0.2) is 5.82 Å². The molecule has 0 aliphatic carbocycles. The summed E-state index contributed by atoms with van der Waals surface area (Å²) in [5.41, 5.74) is 10.1. The van der Waals surface area contributed by atoms with Gasteiger partial charge in [0.1, 0.15) is 5.75 Å². The van der Waals surface area contributed by atoms with E-state index in [1.807, 2.05) is 30.5 Å². The minimum Gasteiger partial charge on any atom is -0.507 e. The third kappa shape index (κ3) is 5.77. The number of benzene rings is 4. The molecular weight excluding hydrogens is 593 g/mol. The van der Waals surface area contributed by atoms with Crippen LogP contribution in [0.15, 0.2) is 128 Å². The molecule has 0 amide bonds. The van der Waals surface area contributed by atoms with E-state index in [4.69, 9.17) is 9.97 Å². The SMILES string of the molecule is C[SiH](C)c1ccc(-c2cc(-c3ccccc3)cc(-c3cccc4c3nc(-c3cncc(C(C)(C)C)c3O)n4-c3ccccc3)c2)nc1. The van der Waals surface area contributed by atoms with Gasteiger partial charge < -0.3 is 5.11 Å². The molecule has 232 valence electrons.